The zero-order valence-corrected chi connectivity index (χ0v) is 12.4. The smallest absolute Gasteiger partial charge is 0.282 e. The summed E-state index contributed by atoms with van der Waals surface area (Å²) in [6, 6.07) is 2.84. The number of halogens is 1. The summed E-state index contributed by atoms with van der Waals surface area (Å²) in [6.07, 6.45) is 2.73. The fourth-order valence-corrected chi connectivity index (χ4v) is 2.29. The molecule has 0 saturated heterocycles. The summed E-state index contributed by atoms with van der Waals surface area (Å²) < 4.78 is 13.2. The lowest BCUT2D eigenvalue weighted by molar-refractivity contribution is -0.385. The van der Waals surface area contributed by atoms with Crippen LogP contribution >= 0.6 is 11.8 Å². The summed E-state index contributed by atoms with van der Waals surface area (Å²) >= 11 is 1.66. The Labute approximate surface area is 121 Å². The quantitative estimate of drug-likeness (QED) is 0.598. The second-order valence-electron chi connectivity index (χ2n) is 4.47. The normalized spacial score (nSPS) is 12.0. The first-order valence-corrected chi connectivity index (χ1v) is 7.48. The van der Waals surface area contributed by atoms with E-state index in [2.05, 4.69) is 0 Å². The molecular formula is C13H17FN2O3S. The molecule has 1 aromatic carbocycles. The Morgan fingerprint density at radius 1 is 1.55 bits per heavy atom. The summed E-state index contributed by atoms with van der Waals surface area (Å²) in [5.41, 5.74) is -0.589. The third kappa shape index (κ3) is 3.93. The van der Waals surface area contributed by atoms with Crippen molar-refractivity contribution in [1.29, 1.82) is 0 Å². The lowest BCUT2D eigenvalue weighted by Crippen LogP contribution is -2.35. The van der Waals surface area contributed by atoms with Crippen molar-refractivity contribution in [3.8, 4) is 0 Å². The molecule has 7 heteroatoms. The van der Waals surface area contributed by atoms with Crippen molar-refractivity contribution in [1.82, 2.24) is 4.90 Å². The van der Waals surface area contributed by atoms with Gasteiger partial charge in [-0.25, -0.2) is 4.39 Å². The summed E-state index contributed by atoms with van der Waals surface area (Å²) in [5.74, 6) is -0.321. The van der Waals surface area contributed by atoms with Gasteiger partial charge in [0.1, 0.15) is 11.4 Å². The number of amides is 1. The van der Waals surface area contributed by atoms with E-state index in [9.17, 15) is 19.3 Å². The van der Waals surface area contributed by atoms with Gasteiger partial charge in [-0.2, -0.15) is 11.8 Å². The predicted octanol–water partition coefficient (Wildman–Crippen LogP) is 2.95. The zero-order chi connectivity index (χ0) is 15.3. The number of hydrogen-bond donors (Lipinski definition) is 0. The summed E-state index contributed by atoms with van der Waals surface area (Å²) in [6.45, 7) is 1.86. The molecule has 1 aromatic rings. The molecule has 1 unspecified atom stereocenters. The summed E-state index contributed by atoms with van der Waals surface area (Å²) in [5, 5.41) is 10.9. The molecular weight excluding hydrogens is 283 g/mol. The van der Waals surface area contributed by atoms with Crippen LogP contribution in [0, 0.1) is 15.9 Å². The van der Waals surface area contributed by atoms with E-state index in [1.54, 1.807) is 18.8 Å². The van der Waals surface area contributed by atoms with Gasteiger partial charge in [-0.05, 0) is 37.5 Å². The van der Waals surface area contributed by atoms with Crippen molar-refractivity contribution in [2.24, 2.45) is 0 Å². The van der Waals surface area contributed by atoms with Gasteiger partial charge in [0, 0.05) is 19.2 Å². The SMILES string of the molecule is CSCCC(C)N(C)C(=O)c1cc(F)ccc1[N+](=O)[O-]. The minimum Gasteiger partial charge on any atom is -0.339 e. The lowest BCUT2D eigenvalue weighted by Gasteiger charge is -2.24. The van der Waals surface area contributed by atoms with Crippen LogP contribution in [0.4, 0.5) is 10.1 Å². The summed E-state index contributed by atoms with van der Waals surface area (Å²) in [7, 11) is 1.57. The molecule has 0 N–H and O–H groups in total. The first kappa shape index (κ1) is 16.4. The third-order valence-corrected chi connectivity index (χ3v) is 3.75. The molecule has 0 aliphatic rings. The summed E-state index contributed by atoms with van der Waals surface area (Å²) in [4.78, 5) is 23.9. The van der Waals surface area contributed by atoms with Gasteiger partial charge >= 0.3 is 0 Å². The second-order valence-corrected chi connectivity index (χ2v) is 5.45. The molecule has 0 spiro atoms. The van der Waals surface area contributed by atoms with Crippen LogP contribution in [0.3, 0.4) is 0 Å². The number of nitro groups is 1. The van der Waals surface area contributed by atoms with Gasteiger partial charge in [0.05, 0.1) is 4.92 Å². The van der Waals surface area contributed by atoms with Crippen LogP contribution in [-0.2, 0) is 0 Å². The topological polar surface area (TPSA) is 63.5 Å². The number of carbonyl (C=O) groups is 1. The standard InChI is InChI=1S/C13H17FN2O3S/c1-9(6-7-20-3)15(2)13(17)11-8-10(14)4-5-12(11)16(18)19/h4-5,8-9H,6-7H2,1-3H3. The van der Waals surface area contributed by atoms with E-state index in [1.165, 1.54) is 4.90 Å². The predicted molar refractivity (Wildman–Crippen MR) is 77.6 cm³/mol. The first-order chi connectivity index (χ1) is 9.38. The molecule has 0 heterocycles. The van der Waals surface area contributed by atoms with Gasteiger partial charge in [0.2, 0.25) is 0 Å². The number of rotatable bonds is 6. The van der Waals surface area contributed by atoms with E-state index >= 15 is 0 Å². The molecule has 0 aromatic heterocycles. The maximum Gasteiger partial charge on any atom is 0.282 e. The van der Waals surface area contributed by atoms with Crippen molar-refractivity contribution in [3.63, 3.8) is 0 Å². The van der Waals surface area contributed by atoms with E-state index in [1.807, 2.05) is 13.2 Å². The van der Waals surface area contributed by atoms with Gasteiger partial charge in [-0.15, -0.1) is 0 Å². The van der Waals surface area contributed by atoms with Crippen LogP contribution in [0.1, 0.15) is 23.7 Å². The molecule has 0 bridgehead atoms. The van der Waals surface area contributed by atoms with E-state index in [0.29, 0.717) is 0 Å². The van der Waals surface area contributed by atoms with E-state index < -0.39 is 16.6 Å². The van der Waals surface area contributed by atoms with E-state index in [4.69, 9.17) is 0 Å². The maximum absolute atomic E-state index is 13.2. The van der Waals surface area contributed by atoms with Crippen molar-refractivity contribution >= 4 is 23.4 Å². The number of hydrogen-bond acceptors (Lipinski definition) is 4. The molecule has 0 radical (unpaired) electrons. The van der Waals surface area contributed by atoms with Gasteiger partial charge in [-0.1, -0.05) is 0 Å². The Morgan fingerprint density at radius 3 is 2.75 bits per heavy atom. The fourth-order valence-electron chi connectivity index (χ4n) is 1.71. The largest absolute Gasteiger partial charge is 0.339 e. The van der Waals surface area contributed by atoms with Crippen molar-refractivity contribution < 1.29 is 14.1 Å². The van der Waals surface area contributed by atoms with E-state index in [0.717, 1.165) is 30.4 Å². The van der Waals surface area contributed by atoms with Crippen molar-refractivity contribution in [2.75, 3.05) is 19.1 Å². The minimum atomic E-state index is -0.674. The molecule has 110 valence electrons. The highest BCUT2D eigenvalue weighted by Gasteiger charge is 2.25. The molecule has 0 saturated carbocycles. The number of carbonyl (C=O) groups excluding carboxylic acids is 1. The Morgan fingerprint density at radius 2 is 2.20 bits per heavy atom. The Balaban J connectivity index is 3.01. The third-order valence-electron chi connectivity index (χ3n) is 3.11. The van der Waals surface area contributed by atoms with Crippen LogP contribution in [0.15, 0.2) is 18.2 Å². The number of nitro benzene ring substituents is 1. The molecule has 0 fully saturated rings. The molecule has 20 heavy (non-hydrogen) atoms. The molecule has 5 nitrogen and oxygen atoms in total. The van der Waals surface area contributed by atoms with Crippen LogP contribution in [-0.4, -0.2) is 40.8 Å². The molecule has 0 aliphatic carbocycles. The lowest BCUT2D eigenvalue weighted by atomic mass is 10.1. The molecule has 1 rings (SSSR count). The van der Waals surface area contributed by atoms with Crippen molar-refractivity contribution in [2.45, 2.75) is 19.4 Å². The van der Waals surface area contributed by atoms with Crippen LogP contribution in [0.2, 0.25) is 0 Å². The van der Waals surface area contributed by atoms with Crippen LogP contribution < -0.4 is 0 Å². The van der Waals surface area contributed by atoms with Crippen LogP contribution in [0.5, 0.6) is 0 Å². The highest BCUT2D eigenvalue weighted by atomic mass is 32.2. The second kappa shape index (κ2) is 7.23. The van der Waals surface area contributed by atoms with Crippen molar-refractivity contribution in [3.05, 3.63) is 39.7 Å². The molecule has 1 amide bonds. The van der Waals surface area contributed by atoms with Gasteiger partial charge in [0.15, 0.2) is 0 Å². The average molecular weight is 300 g/mol. The fraction of sp³-hybridized carbons (Fsp3) is 0.462. The molecule has 0 aliphatic heterocycles. The number of nitrogens with zero attached hydrogens (tertiary/aromatic N) is 2. The average Bonchev–Trinajstić information content (AvgIpc) is 2.42. The Hall–Kier alpha value is -1.63. The highest BCUT2D eigenvalue weighted by Crippen LogP contribution is 2.22. The molecule has 1 atom stereocenters. The highest BCUT2D eigenvalue weighted by molar-refractivity contribution is 7.98. The Kier molecular flexibility index (Phi) is 5.94. The van der Waals surface area contributed by atoms with E-state index in [-0.39, 0.29) is 17.3 Å². The number of benzene rings is 1. The minimum absolute atomic E-state index is 0.0715. The maximum atomic E-state index is 13.2. The van der Waals surface area contributed by atoms with Gasteiger partial charge in [-0.3, -0.25) is 14.9 Å². The monoisotopic (exact) mass is 300 g/mol. The first-order valence-electron chi connectivity index (χ1n) is 6.08. The van der Waals surface area contributed by atoms with Crippen LogP contribution in [0.25, 0.3) is 0 Å². The Bertz CT molecular complexity index is 510. The van der Waals surface area contributed by atoms with Gasteiger partial charge < -0.3 is 4.90 Å². The van der Waals surface area contributed by atoms with Gasteiger partial charge in [0.25, 0.3) is 11.6 Å². The number of thioether (sulfide) groups is 1. The zero-order valence-electron chi connectivity index (χ0n) is 11.6.